The number of hydrogen-bond donors (Lipinski definition) is 4. The number of carbonyl (C=O) groups is 2. The molecule has 0 bridgehead atoms. The van der Waals surface area contributed by atoms with Gasteiger partial charge in [0.05, 0.1) is 17.1 Å². The molecule has 1 aliphatic rings. The molecule has 3 aromatic rings. The summed E-state index contributed by atoms with van der Waals surface area (Å²) in [5, 5.41) is 20.9. The molecule has 8 nitrogen and oxygen atoms in total. The fourth-order valence-corrected chi connectivity index (χ4v) is 4.96. The van der Waals surface area contributed by atoms with Crippen LogP contribution in [0.1, 0.15) is 32.0 Å². The molecule has 162 valence electrons. The highest BCUT2D eigenvalue weighted by atomic mass is 32.1. The van der Waals surface area contributed by atoms with Crippen LogP contribution in [0.3, 0.4) is 0 Å². The number of hydrogen-bond acceptors (Lipinski definition) is 8. The maximum Gasteiger partial charge on any atom is 0.348 e. The largest absolute Gasteiger partial charge is 0.477 e. The van der Waals surface area contributed by atoms with Gasteiger partial charge in [-0.15, -0.1) is 22.7 Å². The van der Waals surface area contributed by atoms with Gasteiger partial charge in [-0.2, -0.15) is 0 Å². The smallest absolute Gasteiger partial charge is 0.348 e. The normalized spacial score (nSPS) is 13.8. The van der Waals surface area contributed by atoms with Crippen molar-refractivity contribution in [1.82, 2.24) is 10.3 Å². The predicted octanol–water partition coefficient (Wildman–Crippen LogP) is 3.87. The van der Waals surface area contributed by atoms with Crippen LogP contribution in [-0.4, -0.2) is 48.1 Å². The van der Waals surface area contributed by atoms with E-state index in [2.05, 4.69) is 25.8 Å². The number of piperazine rings is 1. The van der Waals surface area contributed by atoms with Crippen LogP contribution in [0.5, 0.6) is 0 Å². The number of para-hydroxylation sites is 2. The molecule has 3 heterocycles. The van der Waals surface area contributed by atoms with Gasteiger partial charge in [0.25, 0.3) is 5.91 Å². The Labute approximate surface area is 187 Å². The molecule has 1 saturated heterocycles. The first-order chi connectivity index (χ1) is 15.0. The van der Waals surface area contributed by atoms with Crippen molar-refractivity contribution in [1.29, 1.82) is 0 Å². The Morgan fingerprint density at radius 1 is 1.23 bits per heavy atom. The average molecular weight is 458 g/mol. The van der Waals surface area contributed by atoms with Crippen LogP contribution in [0, 0.1) is 0 Å². The number of amides is 1. The quantitative estimate of drug-likeness (QED) is 0.427. The minimum atomic E-state index is -0.980. The highest BCUT2D eigenvalue weighted by Crippen LogP contribution is 2.32. The predicted molar refractivity (Wildman–Crippen MR) is 126 cm³/mol. The van der Waals surface area contributed by atoms with Crippen molar-refractivity contribution in [2.24, 2.45) is 0 Å². The van der Waals surface area contributed by atoms with Crippen molar-refractivity contribution in [2.45, 2.75) is 13.3 Å². The van der Waals surface area contributed by atoms with Crippen LogP contribution in [0.15, 0.2) is 35.7 Å². The van der Waals surface area contributed by atoms with E-state index in [-0.39, 0.29) is 16.5 Å². The maximum atomic E-state index is 12.8. The summed E-state index contributed by atoms with van der Waals surface area (Å²) in [6, 6.07) is 9.56. The number of anilines is 4. The van der Waals surface area contributed by atoms with E-state index in [1.165, 1.54) is 22.7 Å². The zero-order valence-electron chi connectivity index (χ0n) is 17.0. The molecule has 1 amide bonds. The Kier molecular flexibility index (Phi) is 6.50. The van der Waals surface area contributed by atoms with Crippen LogP contribution in [-0.2, 0) is 6.42 Å². The van der Waals surface area contributed by atoms with Gasteiger partial charge in [-0.05, 0) is 24.6 Å². The second-order valence-electron chi connectivity index (χ2n) is 6.99. The Bertz CT molecular complexity index is 1090. The summed E-state index contributed by atoms with van der Waals surface area (Å²) in [4.78, 5) is 32.1. The molecule has 4 N–H and O–H groups in total. The SMILES string of the molecule is CCc1cc(Nc2nc(C(=O)Nc3ccccc3N3CCNCC3)cs2)c(C(=O)O)s1. The monoisotopic (exact) mass is 457 g/mol. The van der Waals surface area contributed by atoms with Gasteiger partial charge in [0.1, 0.15) is 10.6 Å². The summed E-state index contributed by atoms with van der Waals surface area (Å²) in [6.07, 6.45) is 0.755. The molecule has 0 spiro atoms. The van der Waals surface area contributed by atoms with E-state index in [0.29, 0.717) is 10.8 Å². The topological polar surface area (TPSA) is 107 Å². The van der Waals surface area contributed by atoms with E-state index >= 15 is 0 Å². The lowest BCUT2D eigenvalue weighted by molar-refractivity contribution is 0.0703. The van der Waals surface area contributed by atoms with Crippen LogP contribution >= 0.6 is 22.7 Å². The Morgan fingerprint density at radius 3 is 2.74 bits per heavy atom. The minimum Gasteiger partial charge on any atom is -0.477 e. The van der Waals surface area contributed by atoms with Gasteiger partial charge >= 0.3 is 5.97 Å². The molecule has 4 rings (SSSR count). The third kappa shape index (κ3) is 4.87. The Balaban J connectivity index is 1.49. The van der Waals surface area contributed by atoms with Crippen LogP contribution in [0.25, 0.3) is 0 Å². The Hall–Kier alpha value is -2.95. The van der Waals surface area contributed by atoms with Gasteiger partial charge in [-0.3, -0.25) is 4.79 Å². The second kappa shape index (κ2) is 9.46. The number of carbonyl (C=O) groups excluding carboxylic acids is 1. The number of aromatic nitrogens is 1. The van der Waals surface area contributed by atoms with Gasteiger partial charge in [0, 0.05) is 36.4 Å². The first kappa shape index (κ1) is 21.3. The standard InChI is InChI=1S/C21H23N5O3S2/c1-2-13-11-15(18(31-13)20(28)29)24-21-25-16(12-30-21)19(27)23-14-5-3-4-6-17(14)26-9-7-22-8-10-26/h3-6,11-12,22H,2,7-10H2,1H3,(H,23,27)(H,24,25)(H,28,29). The molecule has 1 fully saturated rings. The molecule has 1 aromatic carbocycles. The van der Waals surface area contributed by atoms with Gasteiger partial charge in [0.2, 0.25) is 0 Å². The van der Waals surface area contributed by atoms with Gasteiger partial charge in [0.15, 0.2) is 5.13 Å². The van der Waals surface area contributed by atoms with Crippen molar-refractivity contribution in [3.8, 4) is 0 Å². The number of carboxylic acid groups (broad SMARTS) is 1. The first-order valence-electron chi connectivity index (χ1n) is 9.99. The van der Waals surface area contributed by atoms with Gasteiger partial charge in [-0.25, -0.2) is 9.78 Å². The van der Waals surface area contributed by atoms with E-state index in [9.17, 15) is 14.7 Å². The van der Waals surface area contributed by atoms with E-state index < -0.39 is 5.97 Å². The van der Waals surface area contributed by atoms with Crippen molar-refractivity contribution in [3.63, 3.8) is 0 Å². The van der Waals surface area contributed by atoms with Crippen LogP contribution < -0.4 is 20.9 Å². The third-order valence-electron chi connectivity index (χ3n) is 4.91. The molecule has 2 aromatic heterocycles. The third-order valence-corrected chi connectivity index (χ3v) is 6.94. The average Bonchev–Trinajstić information content (AvgIpc) is 3.42. The summed E-state index contributed by atoms with van der Waals surface area (Å²) < 4.78 is 0. The molecule has 0 aliphatic carbocycles. The summed E-state index contributed by atoms with van der Waals surface area (Å²) in [7, 11) is 0. The van der Waals surface area contributed by atoms with Crippen molar-refractivity contribution in [2.75, 3.05) is 41.7 Å². The van der Waals surface area contributed by atoms with E-state index in [1.54, 1.807) is 5.38 Å². The van der Waals surface area contributed by atoms with E-state index in [1.807, 2.05) is 37.3 Å². The second-order valence-corrected chi connectivity index (χ2v) is 8.98. The van der Waals surface area contributed by atoms with E-state index in [4.69, 9.17) is 0 Å². The fraction of sp³-hybridized carbons (Fsp3) is 0.286. The molecule has 1 aliphatic heterocycles. The summed E-state index contributed by atoms with van der Waals surface area (Å²) in [6.45, 7) is 5.55. The first-order valence-corrected chi connectivity index (χ1v) is 11.7. The molecular formula is C21H23N5O3S2. The summed E-state index contributed by atoms with van der Waals surface area (Å²) in [5.74, 6) is -1.28. The number of carboxylic acids is 1. The minimum absolute atomic E-state index is 0.239. The lowest BCUT2D eigenvalue weighted by atomic mass is 10.2. The maximum absolute atomic E-state index is 12.8. The molecule has 10 heteroatoms. The number of benzene rings is 1. The zero-order chi connectivity index (χ0) is 21.8. The summed E-state index contributed by atoms with van der Waals surface area (Å²) in [5.41, 5.74) is 2.52. The summed E-state index contributed by atoms with van der Waals surface area (Å²) >= 11 is 2.51. The molecular weight excluding hydrogens is 434 g/mol. The zero-order valence-corrected chi connectivity index (χ0v) is 18.6. The van der Waals surface area contributed by atoms with Crippen molar-refractivity contribution < 1.29 is 14.7 Å². The van der Waals surface area contributed by atoms with Crippen LogP contribution in [0.4, 0.5) is 22.2 Å². The number of aryl methyl sites for hydroxylation is 1. The lowest BCUT2D eigenvalue weighted by Crippen LogP contribution is -2.43. The molecule has 0 radical (unpaired) electrons. The number of thiazole rings is 1. The van der Waals surface area contributed by atoms with Crippen LogP contribution in [0.2, 0.25) is 0 Å². The van der Waals surface area contributed by atoms with Gasteiger partial charge < -0.3 is 26.0 Å². The van der Waals surface area contributed by atoms with Crippen molar-refractivity contribution in [3.05, 3.63) is 51.2 Å². The number of nitrogens with zero attached hydrogens (tertiary/aromatic N) is 2. The fourth-order valence-electron chi connectivity index (χ4n) is 3.37. The highest BCUT2D eigenvalue weighted by molar-refractivity contribution is 7.15. The lowest BCUT2D eigenvalue weighted by Gasteiger charge is -2.31. The molecule has 0 atom stereocenters. The molecule has 31 heavy (non-hydrogen) atoms. The van der Waals surface area contributed by atoms with Gasteiger partial charge in [-0.1, -0.05) is 19.1 Å². The number of thiophene rings is 1. The Morgan fingerprint density at radius 2 is 2.00 bits per heavy atom. The van der Waals surface area contributed by atoms with Crippen molar-refractivity contribution >= 4 is 56.7 Å². The molecule has 0 unspecified atom stereocenters. The number of rotatable bonds is 7. The van der Waals surface area contributed by atoms with E-state index in [0.717, 1.165) is 48.9 Å². The molecule has 0 saturated carbocycles. The highest BCUT2D eigenvalue weighted by Gasteiger charge is 2.19. The number of aromatic carboxylic acids is 1. The number of nitrogens with one attached hydrogen (secondary N) is 3.